The molecule has 1 rings (SSSR count). The van der Waals surface area contributed by atoms with Crippen molar-refractivity contribution in [3.05, 3.63) is 0 Å². The zero-order valence-electron chi connectivity index (χ0n) is 12.0. The monoisotopic (exact) mass is 269 g/mol. The topological polar surface area (TPSA) is 75.4 Å². The van der Waals surface area contributed by atoms with Crippen molar-refractivity contribution in [3.63, 3.8) is 0 Å². The molecule has 0 aliphatic carbocycles. The molecule has 1 aliphatic heterocycles. The third-order valence-corrected chi connectivity index (χ3v) is 3.52. The molecule has 0 aromatic rings. The zero-order valence-corrected chi connectivity index (χ0v) is 12.0. The van der Waals surface area contributed by atoms with Gasteiger partial charge in [0.05, 0.1) is 0 Å². The van der Waals surface area contributed by atoms with Gasteiger partial charge < -0.3 is 16.0 Å². The van der Waals surface area contributed by atoms with Crippen molar-refractivity contribution in [1.82, 2.24) is 10.2 Å². The van der Waals surface area contributed by atoms with Gasteiger partial charge in [0.25, 0.3) is 0 Å². The van der Waals surface area contributed by atoms with Gasteiger partial charge in [-0.25, -0.2) is 0 Å². The Balaban J connectivity index is 2.22. The van der Waals surface area contributed by atoms with E-state index in [9.17, 15) is 9.59 Å². The number of likely N-dealkylation sites (tertiary alicyclic amines) is 1. The van der Waals surface area contributed by atoms with Gasteiger partial charge >= 0.3 is 0 Å². The third-order valence-electron chi connectivity index (χ3n) is 3.52. The Bertz CT molecular complexity index is 288. The maximum atomic E-state index is 12.1. The lowest BCUT2D eigenvalue weighted by Gasteiger charge is -2.29. The van der Waals surface area contributed by atoms with Crippen LogP contribution in [-0.4, -0.2) is 42.4 Å². The second kappa shape index (κ2) is 8.91. The molecule has 0 radical (unpaired) electrons. The number of rotatable bonds is 7. The SMILES string of the molecule is CC(NC(=O)CCCCCN)C(=O)N1CCCCC1. The number of hydrogen-bond acceptors (Lipinski definition) is 3. The molecule has 2 amide bonds. The second-order valence-electron chi connectivity index (χ2n) is 5.27. The Morgan fingerprint density at radius 2 is 1.84 bits per heavy atom. The van der Waals surface area contributed by atoms with Crippen molar-refractivity contribution in [2.24, 2.45) is 5.73 Å². The first-order chi connectivity index (χ1) is 9.15. The predicted octanol–water partition coefficient (Wildman–Crippen LogP) is 1.02. The average molecular weight is 269 g/mol. The smallest absolute Gasteiger partial charge is 0.244 e. The molecule has 1 fully saturated rings. The summed E-state index contributed by atoms with van der Waals surface area (Å²) in [6, 6.07) is -0.403. The fourth-order valence-electron chi connectivity index (χ4n) is 2.37. The van der Waals surface area contributed by atoms with Crippen LogP contribution in [0.1, 0.15) is 51.9 Å². The highest BCUT2D eigenvalue weighted by atomic mass is 16.2. The highest BCUT2D eigenvalue weighted by Gasteiger charge is 2.22. The number of nitrogens with one attached hydrogen (secondary N) is 1. The Kier molecular flexibility index (Phi) is 7.48. The molecule has 0 bridgehead atoms. The molecule has 1 atom stereocenters. The van der Waals surface area contributed by atoms with Crippen molar-refractivity contribution in [2.45, 2.75) is 57.9 Å². The minimum atomic E-state index is -0.403. The second-order valence-corrected chi connectivity index (χ2v) is 5.27. The van der Waals surface area contributed by atoms with E-state index in [-0.39, 0.29) is 11.8 Å². The standard InChI is InChI=1S/C14H27N3O2/c1-12(14(19)17-10-6-3-7-11-17)16-13(18)8-4-2-5-9-15/h12H,2-11,15H2,1H3,(H,16,18). The van der Waals surface area contributed by atoms with Crippen LogP contribution >= 0.6 is 0 Å². The maximum absolute atomic E-state index is 12.1. The van der Waals surface area contributed by atoms with E-state index >= 15 is 0 Å². The third kappa shape index (κ3) is 6.05. The minimum Gasteiger partial charge on any atom is -0.345 e. The summed E-state index contributed by atoms with van der Waals surface area (Å²) in [6.07, 6.45) is 6.60. The molecule has 0 spiro atoms. The molecule has 1 saturated heterocycles. The summed E-state index contributed by atoms with van der Waals surface area (Å²) in [5.41, 5.74) is 5.40. The van der Waals surface area contributed by atoms with Crippen LogP contribution in [0.4, 0.5) is 0 Å². The molecule has 19 heavy (non-hydrogen) atoms. The van der Waals surface area contributed by atoms with E-state index in [1.54, 1.807) is 6.92 Å². The maximum Gasteiger partial charge on any atom is 0.244 e. The molecule has 1 heterocycles. The lowest BCUT2D eigenvalue weighted by Crippen LogP contribution is -2.48. The number of nitrogens with zero attached hydrogens (tertiary/aromatic N) is 1. The Labute approximate surface area is 115 Å². The van der Waals surface area contributed by atoms with E-state index in [2.05, 4.69) is 5.32 Å². The summed E-state index contributed by atoms with van der Waals surface area (Å²) in [4.78, 5) is 25.7. The highest BCUT2D eigenvalue weighted by Crippen LogP contribution is 2.10. The largest absolute Gasteiger partial charge is 0.345 e. The first-order valence-electron chi connectivity index (χ1n) is 7.43. The van der Waals surface area contributed by atoms with Gasteiger partial charge in [-0.1, -0.05) is 6.42 Å². The molecule has 5 heteroatoms. The van der Waals surface area contributed by atoms with E-state index < -0.39 is 6.04 Å². The molecule has 110 valence electrons. The zero-order chi connectivity index (χ0) is 14.1. The van der Waals surface area contributed by atoms with Crippen LogP contribution in [-0.2, 0) is 9.59 Å². The van der Waals surface area contributed by atoms with E-state index in [0.717, 1.165) is 45.2 Å². The number of amides is 2. The number of unbranched alkanes of at least 4 members (excludes halogenated alkanes) is 2. The van der Waals surface area contributed by atoms with Gasteiger partial charge in [0.1, 0.15) is 6.04 Å². The van der Waals surface area contributed by atoms with Crippen LogP contribution in [0.3, 0.4) is 0 Å². The predicted molar refractivity (Wildman–Crippen MR) is 75.6 cm³/mol. The number of carbonyl (C=O) groups is 2. The summed E-state index contributed by atoms with van der Waals surface area (Å²) >= 11 is 0. The highest BCUT2D eigenvalue weighted by molar-refractivity contribution is 5.87. The van der Waals surface area contributed by atoms with Crippen molar-refractivity contribution in [3.8, 4) is 0 Å². The summed E-state index contributed by atoms with van der Waals surface area (Å²) in [5, 5.41) is 2.79. The van der Waals surface area contributed by atoms with Gasteiger partial charge in [-0.3, -0.25) is 9.59 Å². The average Bonchev–Trinajstić information content (AvgIpc) is 2.43. The first-order valence-corrected chi connectivity index (χ1v) is 7.43. The molecular formula is C14H27N3O2. The van der Waals surface area contributed by atoms with Gasteiger partial charge in [-0.15, -0.1) is 0 Å². The summed E-state index contributed by atoms with van der Waals surface area (Å²) in [5.74, 6) is 0.0184. The molecule has 0 aromatic carbocycles. The number of carbonyl (C=O) groups excluding carboxylic acids is 2. The summed E-state index contributed by atoms with van der Waals surface area (Å²) < 4.78 is 0. The Morgan fingerprint density at radius 1 is 1.16 bits per heavy atom. The molecule has 1 aliphatic rings. The van der Waals surface area contributed by atoms with Crippen LogP contribution in [0.2, 0.25) is 0 Å². The Hall–Kier alpha value is -1.10. The summed E-state index contributed by atoms with van der Waals surface area (Å²) in [7, 11) is 0. The van der Waals surface area contributed by atoms with E-state index in [0.29, 0.717) is 13.0 Å². The molecular weight excluding hydrogens is 242 g/mol. The van der Waals surface area contributed by atoms with Gasteiger partial charge in [0, 0.05) is 19.5 Å². The van der Waals surface area contributed by atoms with Crippen LogP contribution in [0.5, 0.6) is 0 Å². The molecule has 0 saturated carbocycles. The van der Waals surface area contributed by atoms with Gasteiger partial charge in [0.2, 0.25) is 11.8 Å². The van der Waals surface area contributed by atoms with Crippen molar-refractivity contribution in [1.29, 1.82) is 0 Å². The van der Waals surface area contributed by atoms with Gasteiger partial charge in [-0.2, -0.15) is 0 Å². The van der Waals surface area contributed by atoms with Crippen LogP contribution in [0, 0.1) is 0 Å². The van der Waals surface area contributed by atoms with Crippen LogP contribution in [0.15, 0.2) is 0 Å². The molecule has 0 aromatic heterocycles. The lowest BCUT2D eigenvalue weighted by atomic mass is 10.1. The fourth-order valence-corrected chi connectivity index (χ4v) is 2.37. The number of piperidine rings is 1. The van der Waals surface area contributed by atoms with E-state index in [1.807, 2.05) is 4.90 Å². The van der Waals surface area contributed by atoms with Crippen molar-refractivity contribution >= 4 is 11.8 Å². The van der Waals surface area contributed by atoms with Crippen LogP contribution < -0.4 is 11.1 Å². The lowest BCUT2D eigenvalue weighted by molar-refractivity contribution is -0.136. The Morgan fingerprint density at radius 3 is 2.47 bits per heavy atom. The quantitative estimate of drug-likeness (QED) is 0.678. The normalized spacial score (nSPS) is 17.1. The van der Waals surface area contributed by atoms with Gasteiger partial charge in [-0.05, 0) is 45.6 Å². The van der Waals surface area contributed by atoms with E-state index in [1.165, 1.54) is 6.42 Å². The first kappa shape index (κ1) is 16.0. The van der Waals surface area contributed by atoms with Crippen molar-refractivity contribution in [2.75, 3.05) is 19.6 Å². The molecule has 1 unspecified atom stereocenters. The number of nitrogens with two attached hydrogens (primary N) is 1. The summed E-state index contributed by atoms with van der Waals surface area (Å²) in [6.45, 7) is 4.10. The number of hydrogen-bond donors (Lipinski definition) is 2. The van der Waals surface area contributed by atoms with Crippen LogP contribution in [0.25, 0.3) is 0 Å². The van der Waals surface area contributed by atoms with E-state index in [4.69, 9.17) is 5.73 Å². The van der Waals surface area contributed by atoms with Crippen molar-refractivity contribution < 1.29 is 9.59 Å². The minimum absolute atomic E-state index is 0.0325. The molecule has 5 nitrogen and oxygen atoms in total. The fraction of sp³-hybridized carbons (Fsp3) is 0.857. The van der Waals surface area contributed by atoms with Gasteiger partial charge in [0.15, 0.2) is 0 Å². The molecule has 3 N–H and O–H groups in total.